The summed E-state index contributed by atoms with van der Waals surface area (Å²) in [4.78, 5) is 0. The average molecular weight is 174 g/mol. The maximum atomic E-state index is 8.82. The van der Waals surface area contributed by atoms with E-state index in [1.165, 1.54) is 0 Å². The van der Waals surface area contributed by atoms with Crippen molar-refractivity contribution >= 4 is 0 Å². The van der Waals surface area contributed by atoms with E-state index >= 15 is 0 Å². The molecule has 0 spiro atoms. The van der Waals surface area contributed by atoms with Gasteiger partial charge in [0.25, 0.3) is 0 Å². The fourth-order valence-corrected chi connectivity index (χ4v) is 1.46. The second-order valence-corrected chi connectivity index (χ2v) is 3.34. The number of benzene rings is 1. The van der Waals surface area contributed by atoms with Crippen LogP contribution in [0, 0.1) is 11.3 Å². The first-order valence-corrected chi connectivity index (χ1v) is 4.14. The summed E-state index contributed by atoms with van der Waals surface area (Å²) >= 11 is 0. The van der Waals surface area contributed by atoms with Crippen molar-refractivity contribution in [2.45, 2.75) is 12.0 Å². The molecule has 1 aliphatic heterocycles. The van der Waals surface area contributed by atoms with Gasteiger partial charge in [-0.05, 0) is 11.6 Å². The molecule has 1 heterocycles. The Balaban J connectivity index is 2.36. The summed E-state index contributed by atoms with van der Waals surface area (Å²) in [5.74, 6) is 0.846. The third kappa shape index (κ3) is 1.36. The third-order valence-corrected chi connectivity index (χ3v) is 2.19. The first-order valence-electron chi connectivity index (χ1n) is 4.14. The number of rotatable bonds is 0. The predicted octanol–water partition coefficient (Wildman–Crippen LogP) is 0.843. The van der Waals surface area contributed by atoms with Crippen LogP contribution in [0.25, 0.3) is 0 Å². The van der Waals surface area contributed by atoms with Gasteiger partial charge in [0.05, 0.1) is 6.07 Å². The van der Waals surface area contributed by atoms with E-state index in [0.29, 0.717) is 6.42 Å². The lowest BCUT2D eigenvalue weighted by atomic mass is 9.91. The van der Waals surface area contributed by atoms with Gasteiger partial charge < -0.3 is 10.5 Å². The molecule has 0 aromatic heterocycles. The molecule has 1 aliphatic rings. The van der Waals surface area contributed by atoms with E-state index in [4.69, 9.17) is 15.7 Å². The van der Waals surface area contributed by atoms with Crippen molar-refractivity contribution in [1.82, 2.24) is 0 Å². The largest absolute Gasteiger partial charge is 0.490 e. The number of nitrogens with zero attached hydrogens (tertiary/aromatic N) is 1. The molecule has 3 heteroatoms. The molecule has 2 N–H and O–H groups in total. The van der Waals surface area contributed by atoms with Crippen molar-refractivity contribution in [1.29, 1.82) is 5.26 Å². The monoisotopic (exact) mass is 174 g/mol. The predicted molar refractivity (Wildman–Crippen MR) is 48.2 cm³/mol. The molecule has 0 bridgehead atoms. The smallest absolute Gasteiger partial charge is 0.142 e. The number of ether oxygens (including phenoxy) is 1. The quantitative estimate of drug-likeness (QED) is 0.634. The number of para-hydroxylation sites is 1. The first kappa shape index (κ1) is 8.09. The minimum Gasteiger partial charge on any atom is -0.490 e. The van der Waals surface area contributed by atoms with Crippen molar-refractivity contribution in [3.8, 4) is 11.8 Å². The topological polar surface area (TPSA) is 59.0 Å². The lowest BCUT2D eigenvalue weighted by Crippen LogP contribution is -2.48. The number of hydrogen-bond donors (Lipinski definition) is 1. The normalized spacial score (nSPS) is 25.5. The van der Waals surface area contributed by atoms with Gasteiger partial charge in [-0.15, -0.1) is 0 Å². The van der Waals surface area contributed by atoms with E-state index in [2.05, 4.69) is 6.07 Å². The molecule has 2 rings (SSSR count). The van der Waals surface area contributed by atoms with Crippen LogP contribution in [-0.2, 0) is 6.42 Å². The van der Waals surface area contributed by atoms with Gasteiger partial charge in [-0.3, -0.25) is 0 Å². The van der Waals surface area contributed by atoms with E-state index < -0.39 is 5.54 Å². The fourth-order valence-electron chi connectivity index (χ4n) is 1.46. The molecule has 1 aromatic carbocycles. The van der Waals surface area contributed by atoms with Crippen LogP contribution in [-0.4, -0.2) is 12.1 Å². The second-order valence-electron chi connectivity index (χ2n) is 3.34. The Bertz CT molecular complexity index is 369. The zero-order chi connectivity index (χ0) is 9.31. The summed E-state index contributed by atoms with van der Waals surface area (Å²) in [7, 11) is 0. The molecular formula is C10H10N2O. The van der Waals surface area contributed by atoms with Gasteiger partial charge in [-0.25, -0.2) is 0 Å². The lowest BCUT2D eigenvalue weighted by molar-refractivity contribution is 0.227. The molecule has 0 unspecified atom stereocenters. The molecule has 0 saturated heterocycles. The summed E-state index contributed by atoms with van der Waals surface area (Å²) in [5, 5.41) is 8.82. The first-order chi connectivity index (χ1) is 6.23. The van der Waals surface area contributed by atoms with E-state index in [0.717, 1.165) is 11.3 Å². The highest BCUT2D eigenvalue weighted by molar-refractivity contribution is 5.38. The molecule has 0 fully saturated rings. The Morgan fingerprint density at radius 2 is 2.23 bits per heavy atom. The highest BCUT2D eigenvalue weighted by Crippen LogP contribution is 2.27. The van der Waals surface area contributed by atoms with E-state index in [9.17, 15) is 0 Å². The highest BCUT2D eigenvalue weighted by Gasteiger charge is 2.31. The van der Waals surface area contributed by atoms with Crippen LogP contribution >= 0.6 is 0 Å². The number of fused-ring (bicyclic) bond motifs is 1. The van der Waals surface area contributed by atoms with E-state index in [-0.39, 0.29) is 6.61 Å². The Kier molecular flexibility index (Phi) is 1.71. The Morgan fingerprint density at radius 1 is 1.46 bits per heavy atom. The maximum Gasteiger partial charge on any atom is 0.142 e. The number of nitriles is 1. The Morgan fingerprint density at radius 3 is 3.00 bits per heavy atom. The molecule has 1 atom stereocenters. The summed E-state index contributed by atoms with van der Waals surface area (Å²) in [6.45, 7) is 0.278. The SMILES string of the molecule is N#C[C@@]1(N)COc2ccccc2C1. The van der Waals surface area contributed by atoms with E-state index in [1.54, 1.807) is 0 Å². The zero-order valence-electron chi connectivity index (χ0n) is 7.16. The molecule has 1 aromatic rings. The van der Waals surface area contributed by atoms with Crippen LogP contribution in [0.5, 0.6) is 5.75 Å². The average Bonchev–Trinajstić information content (AvgIpc) is 2.18. The Hall–Kier alpha value is -1.53. The van der Waals surface area contributed by atoms with Crippen molar-refractivity contribution in [3.63, 3.8) is 0 Å². The molecule has 0 aliphatic carbocycles. The van der Waals surface area contributed by atoms with Crippen LogP contribution in [0.15, 0.2) is 24.3 Å². The van der Waals surface area contributed by atoms with Crippen molar-refractivity contribution in [2.75, 3.05) is 6.61 Å². The van der Waals surface area contributed by atoms with Crippen molar-refractivity contribution in [3.05, 3.63) is 29.8 Å². The zero-order valence-corrected chi connectivity index (χ0v) is 7.16. The second kappa shape index (κ2) is 2.75. The standard InChI is InChI=1S/C10H10N2O/c11-6-10(12)5-8-3-1-2-4-9(8)13-7-10/h1-4H,5,7,12H2/t10-/m1/s1. The summed E-state index contributed by atoms with van der Waals surface area (Å²) in [6.07, 6.45) is 0.569. The molecular weight excluding hydrogens is 164 g/mol. The van der Waals surface area contributed by atoms with Crippen LogP contribution in [0.4, 0.5) is 0 Å². The fraction of sp³-hybridized carbons (Fsp3) is 0.300. The van der Waals surface area contributed by atoms with Gasteiger partial charge in [0.2, 0.25) is 0 Å². The molecule has 0 amide bonds. The highest BCUT2D eigenvalue weighted by atomic mass is 16.5. The van der Waals surface area contributed by atoms with Gasteiger partial charge in [0.15, 0.2) is 0 Å². The van der Waals surface area contributed by atoms with Crippen LogP contribution in [0.2, 0.25) is 0 Å². The van der Waals surface area contributed by atoms with Gasteiger partial charge in [-0.1, -0.05) is 18.2 Å². The van der Waals surface area contributed by atoms with Gasteiger partial charge in [0, 0.05) is 6.42 Å². The summed E-state index contributed by atoms with van der Waals surface area (Å²) < 4.78 is 5.38. The molecule has 66 valence electrons. The Labute approximate surface area is 76.7 Å². The van der Waals surface area contributed by atoms with Crippen LogP contribution < -0.4 is 10.5 Å². The number of nitrogens with two attached hydrogens (primary N) is 1. The van der Waals surface area contributed by atoms with Crippen molar-refractivity contribution in [2.24, 2.45) is 5.73 Å². The van der Waals surface area contributed by atoms with Crippen molar-refractivity contribution < 1.29 is 4.74 Å². The third-order valence-electron chi connectivity index (χ3n) is 2.19. The van der Waals surface area contributed by atoms with Gasteiger partial charge >= 0.3 is 0 Å². The molecule has 3 nitrogen and oxygen atoms in total. The molecule has 0 radical (unpaired) electrons. The lowest BCUT2D eigenvalue weighted by Gasteiger charge is -2.28. The maximum absolute atomic E-state index is 8.82. The summed E-state index contributed by atoms with van der Waals surface area (Å²) in [5.41, 5.74) is 5.95. The number of hydrogen-bond acceptors (Lipinski definition) is 3. The van der Waals surface area contributed by atoms with Crippen LogP contribution in [0.1, 0.15) is 5.56 Å². The minimum absolute atomic E-state index is 0.278. The van der Waals surface area contributed by atoms with E-state index in [1.807, 2.05) is 24.3 Å². The minimum atomic E-state index is -0.853. The van der Waals surface area contributed by atoms with Crippen LogP contribution in [0.3, 0.4) is 0 Å². The molecule has 13 heavy (non-hydrogen) atoms. The van der Waals surface area contributed by atoms with Gasteiger partial charge in [0.1, 0.15) is 17.9 Å². The molecule has 0 saturated carbocycles. The van der Waals surface area contributed by atoms with Gasteiger partial charge in [-0.2, -0.15) is 5.26 Å². The summed E-state index contributed by atoms with van der Waals surface area (Å²) in [6, 6.07) is 9.74.